The van der Waals surface area contributed by atoms with Gasteiger partial charge in [-0.3, -0.25) is 4.98 Å². The van der Waals surface area contributed by atoms with Gasteiger partial charge in [0.05, 0.1) is 5.44 Å². The summed E-state index contributed by atoms with van der Waals surface area (Å²) in [6, 6.07) is 4.32. The van der Waals surface area contributed by atoms with Crippen molar-refractivity contribution in [1.82, 2.24) is 4.98 Å². The second-order valence-corrected chi connectivity index (χ2v) is 4.57. The number of rotatable bonds is 2. The van der Waals surface area contributed by atoms with E-state index in [0.717, 1.165) is 5.44 Å². The number of aromatic nitrogens is 1. The van der Waals surface area contributed by atoms with Gasteiger partial charge in [-0.25, -0.2) is 0 Å². The van der Waals surface area contributed by atoms with Gasteiger partial charge in [-0.2, -0.15) is 0 Å². The van der Waals surface area contributed by atoms with E-state index in [4.69, 9.17) is 0 Å². The van der Waals surface area contributed by atoms with Crippen molar-refractivity contribution in [3.63, 3.8) is 0 Å². The average Bonchev–Trinajstić information content (AvgIpc) is 2.03. The van der Waals surface area contributed by atoms with Crippen molar-refractivity contribution < 1.29 is 0 Å². The first-order valence-corrected chi connectivity index (χ1v) is 5.36. The van der Waals surface area contributed by atoms with Gasteiger partial charge in [0.2, 0.25) is 0 Å². The summed E-state index contributed by atoms with van der Waals surface area (Å²) in [5.74, 6) is 1.07. The van der Waals surface area contributed by atoms with Crippen LogP contribution in [0.1, 0.15) is 50.8 Å². The molecule has 0 aromatic carbocycles. The molecule has 0 fully saturated rings. The highest BCUT2D eigenvalue weighted by Crippen LogP contribution is 2.16. The summed E-state index contributed by atoms with van der Waals surface area (Å²) in [6.45, 7) is 8.72. The Morgan fingerprint density at radius 2 is 1.69 bits per heavy atom. The van der Waals surface area contributed by atoms with E-state index in [2.05, 4.69) is 54.1 Å². The zero-order valence-electron chi connectivity index (χ0n) is 8.83. The Hall–Kier alpha value is -0.420. The topological polar surface area (TPSA) is 12.9 Å². The van der Waals surface area contributed by atoms with Crippen LogP contribution in [0.15, 0.2) is 12.1 Å². The predicted octanol–water partition coefficient (Wildman–Crippen LogP) is 2.83. The molecule has 1 atom stereocenters. The molecule has 0 radical (unpaired) electrons. The van der Waals surface area contributed by atoms with Gasteiger partial charge in [-0.15, -0.1) is 0 Å². The first kappa shape index (κ1) is 10.7. The molecule has 0 saturated carbocycles. The zero-order valence-corrected chi connectivity index (χ0v) is 9.99. The summed E-state index contributed by atoms with van der Waals surface area (Å²) in [5, 5.41) is 0. The second kappa shape index (κ2) is 4.19. The fourth-order valence-corrected chi connectivity index (χ4v) is 1.89. The van der Waals surface area contributed by atoms with E-state index in [1.807, 2.05) is 0 Å². The van der Waals surface area contributed by atoms with Crippen molar-refractivity contribution in [1.29, 1.82) is 0 Å². The van der Waals surface area contributed by atoms with Gasteiger partial charge < -0.3 is 0 Å². The summed E-state index contributed by atoms with van der Waals surface area (Å²) < 4.78 is 0. The van der Waals surface area contributed by atoms with Gasteiger partial charge in [0, 0.05) is 5.69 Å². The highest BCUT2D eigenvalue weighted by Gasteiger charge is 2.07. The third-order valence-electron chi connectivity index (χ3n) is 2.19. The summed E-state index contributed by atoms with van der Waals surface area (Å²) in [5.41, 5.74) is 3.60. The molecule has 0 N–H and O–H groups in total. The van der Waals surface area contributed by atoms with Crippen LogP contribution in [0.4, 0.5) is 0 Å². The van der Waals surface area contributed by atoms with Crippen molar-refractivity contribution in [2.75, 3.05) is 0 Å². The number of hydrogen-bond donors (Lipinski definition) is 0. The summed E-state index contributed by atoms with van der Waals surface area (Å²) in [6.07, 6.45) is 0. The third-order valence-corrected chi connectivity index (χ3v) is 2.65. The molecule has 2 heteroatoms. The number of hydrogen-bond acceptors (Lipinski definition) is 1. The highest BCUT2D eigenvalue weighted by molar-refractivity contribution is 7.27. The maximum absolute atomic E-state index is 4.56. The van der Waals surface area contributed by atoms with Gasteiger partial charge in [0.15, 0.2) is 0 Å². The minimum absolute atomic E-state index is 0.514. The molecule has 1 rings (SSSR count). The molecule has 72 valence electrons. The maximum Gasteiger partial charge on any atom is 0.0606 e. The van der Waals surface area contributed by atoms with E-state index in [1.54, 1.807) is 0 Å². The van der Waals surface area contributed by atoms with Gasteiger partial charge in [0.25, 0.3) is 0 Å². The monoisotopic (exact) mass is 195 g/mol. The van der Waals surface area contributed by atoms with Crippen LogP contribution in [0.2, 0.25) is 0 Å². The third kappa shape index (κ3) is 2.51. The van der Waals surface area contributed by atoms with Crippen molar-refractivity contribution >= 4 is 14.7 Å². The number of pyridine rings is 1. The molecular weight excluding hydrogens is 177 g/mol. The summed E-state index contributed by atoms with van der Waals surface area (Å²) >= 11 is 0. The summed E-state index contributed by atoms with van der Waals surface area (Å²) in [4.78, 5) is 4.56. The Bertz CT molecular complexity index is 292. The van der Waals surface area contributed by atoms with Crippen LogP contribution >= 0.6 is 9.24 Å². The molecule has 1 aromatic rings. The molecule has 1 heterocycles. The van der Waals surface area contributed by atoms with Crippen LogP contribution in [0.5, 0.6) is 0 Å². The minimum Gasteiger partial charge on any atom is -0.253 e. The van der Waals surface area contributed by atoms with E-state index < -0.39 is 0 Å². The van der Waals surface area contributed by atoms with E-state index in [9.17, 15) is 0 Å². The molecule has 1 nitrogen and oxygen atoms in total. The fourth-order valence-electron chi connectivity index (χ4n) is 1.31. The molecule has 0 saturated heterocycles. The Morgan fingerprint density at radius 1 is 1.08 bits per heavy atom. The molecule has 0 amide bonds. The lowest BCUT2D eigenvalue weighted by atomic mass is 10.0. The van der Waals surface area contributed by atoms with Gasteiger partial charge >= 0.3 is 0 Å². The Balaban J connectivity index is 3.06. The Labute approximate surface area is 83.2 Å². The lowest BCUT2D eigenvalue weighted by Gasteiger charge is -2.11. The van der Waals surface area contributed by atoms with Crippen molar-refractivity contribution in [2.24, 2.45) is 0 Å². The van der Waals surface area contributed by atoms with Gasteiger partial charge in [0.1, 0.15) is 0 Å². The Morgan fingerprint density at radius 3 is 2.08 bits per heavy atom. The molecule has 0 spiro atoms. The lowest BCUT2D eigenvalue weighted by Crippen LogP contribution is -2.11. The molecule has 0 bridgehead atoms. The lowest BCUT2D eigenvalue weighted by molar-refractivity contribution is 0.813. The first-order chi connectivity index (χ1) is 6.02. The first-order valence-electron chi connectivity index (χ1n) is 4.78. The quantitative estimate of drug-likeness (QED) is 0.661. The standard InChI is InChI=1S/C11H18NP/c1-7(2)9-5-6-10(8(3)4)12-11(9)13/h5-8H,13H2,1-4H3. The SMILES string of the molecule is CC(C)c1ccc(C(C)C)c(P)n1. The van der Waals surface area contributed by atoms with Crippen LogP contribution in [0.3, 0.4) is 0 Å². The smallest absolute Gasteiger partial charge is 0.0606 e. The normalized spacial score (nSPS) is 11.3. The van der Waals surface area contributed by atoms with Crippen LogP contribution < -0.4 is 5.44 Å². The van der Waals surface area contributed by atoms with E-state index in [-0.39, 0.29) is 0 Å². The van der Waals surface area contributed by atoms with Crippen molar-refractivity contribution in [2.45, 2.75) is 39.5 Å². The zero-order chi connectivity index (χ0) is 10.0. The summed E-state index contributed by atoms with van der Waals surface area (Å²) in [7, 11) is 2.72. The van der Waals surface area contributed by atoms with Crippen LogP contribution in [-0.2, 0) is 0 Å². The van der Waals surface area contributed by atoms with Gasteiger partial charge in [-0.05, 0) is 23.5 Å². The van der Waals surface area contributed by atoms with Gasteiger partial charge in [-0.1, -0.05) is 43.0 Å². The molecule has 1 aromatic heterocycles. The van der Waals surface area contributed by atoms with Crippen molar-refractivity contribution in [3.8, 4) is 0 Å². The maximum atomic E-state index is 4.56. The molecule has 0 aliphatic rings. The average molecular weight is 195 g/mol. The molecule has 0 aliphatic heterocycles. The fraction of sp³-hybridized carbons (Fsp3) is 0.545. The van der Waals surface area contributed by atoms with Crippen LogP contribution in [0.25, 0.3) is 0 Å². The van der Waals surface area contributed by atoms with E-state index in [1.165, 1.54) is 11.3 Å². The van der Waals surface area contributed by atoms with E-state index in [0.29, 0.717) is 11.8 Å². The number of nitrogens with zero attached hydrogens (tertiary/aromatic N) is 1. The van der Waals surface area contributed by atoms with Crippen LogP contribution in [-0.4, -0.2) is 4.98 Å². The minimum atomic E-state index is 0.514. The second-order valence-electron chi connectivity index (χ2n) is 4.02. The molecule has 1 unspecified atom stereocenters. The molecule has 0 aliphatic carbocycles. The molecule has 13 heavy (non-hydrogen) atoms. The molecular formula is C11H18NP. The predicted molar refractivity (Wildman–Crippen MR) is 61.8 cm³/mol. The van der Waals surface area contributed by atoms with E-state index >= 15 is 0 Å². The van der Waals surface area contributed by atoms with Crippen molar-refractivity contribution in [3.05, 3.63) is 23.4 Å². The largest absolute Gasteiger partial charge is 0.253 e. The van der Waals surface area contributed by atoms with Crippen LogP contribution in [0, 0.1) is 0 Å². The highest BCUT2D eigenvalue weighted by atomic mass is 31.0. The Kier molecular flexibility index (Phi) is 3.44.